The lowest BCUT2D eigenvalue weighted by Gasteiger charge is -1.91. The molecule has 4 N–H and O–H groups in total. The molecular formula is C16H15F2N5. The van der Waals surface area contributed by atoms with E-state index in [1.807, 2.05) is 6.92 Å². The van der Waals surface area contributed by atoms with Gasteiger partial charge >= 0.3 is 0 Å². The van der Waals surface area contributed by atoms with Gasteiger partial charge in [0.1, 0.15) is 11.6 Å². The van der Waals surface area contributed by atoms with Crippen LogP contribution in [0.4, 0.5) is 14.6 Å². The van der Waals surface area contributed by atoms with Gasteiger partial charge in [-0.2, -0.15) is 10.2 Å². The number of nitrogen functional groups attached to an aromatic ring is 1. The van der Waals surface area contributed by atoms with Crippen LogP contribution in [0.15, 0.2) is 36.4 Å². The van der Waals surface area contributed by atoms with Crippen LogP contribution in [0.2, 0.25) is 0 Å². The third kappa shape index (κ3) is 2.98. The zero-order valence-corrected chi connectivity index (χ0v) is 12.4. The fraction of sp³-hybridized carbons (Fsp3) is 0.125. The third-order valence-corrected chi connectivity index (χ3v) is 3.50. The van der Waals surface area contributed by atoms with Crippen LogP contribution in [0, 0.1) is 11.6 Å². The lowest BCUT2D eigenvalue weighted by atomic mass is 10.2. The smallest absolute Gasteiger partial charge is 0.153 e. The Hall–Kier alpha value is -2.96. The van der Waals surface area contributed by atoms with E-state index in [1.54, 1.807) is 12.1 Å². The predicted molar refractivity (Wildman–Crippen MR) is 85.9 cm³/mol. The summed E-state index contributed by atoms with van der Waals surface area (Å²) in [6.45, 7) is 2.01. The summed E-state index contributed by atoms with van der Waals surface area (Å²) in [7, 11) is 0. The van der Waals surface area contributed by atoms with Gasteiger partial charge in [-0.3, -0.25) is 10.2 Å². The number of benzene rings is 2. The van der Waals surface area contributed by atoms with Crippen molar-refractivity contribution in [3.63, 3.8) is 0 Å². The molecule has 0 unspecified atom stereocenters. The number of hydrogen-bond donors (Lipinski definition) is 3. The Morgan fingerprint density at radius 2 is 1.65 bits per heavy atom. The minimum Gasteiger partial charge on any atom is -0.382 e. The average Bonchev–Trinajstić information content (AvgIpc) is 3.11. The lowest BCUT2D eigenvalue weighted by Crippen LogP contribution is -1.83. The molecule has 5 nitrogen and oxygen atoms in total. The summed E-state index contributed by atoms with van der Waals surface area (Å²) in [5.74, 6) is -0.177. The van der Waals surface area contributed by atoms with Crippen LogP contribution >= 0.6 is 0 Å². The summed E-state index contributed by atoms with van der Waals surface area (Å²) in [5, 5.41) is 14.8. The summed E-state index contributed by atoms with van der Waals surface area (Å²) in [5.41, 5.74) is 8.01. The van der Waals surface area contributed by atoms with Crippen LogP contribution in [-0.4, -0.2) is 20.4 Å². The van der Waals surface area contributed by atoms with Gasteiger partial charge in [0.25, 0.3) is 0 Å². The van der Waals surface area contributed by atoms with E-state index in [1.165, 1.54) is 24.3 Å². The Labute approximate surface area is 130 Å². The van der Waals surface area contributed by atoms with Crippen LogP contribution in [-0.2, 0) is 6.42 Å². The van der Waals surface area contributed by atoms with Crippen molar-refractivity contribution in [1.29, 1.82) is 0 Å². The second kappa shape index (κ2) is 6.04. The molecule has 7 heteroatoms. The number of aromatic amines is 2. The average molecular weight is 315 g/mol. The number of anilines is 1. The van der Waals surface area contributed by atoms with Gasteiger partial charge in [-0.15, -0.1) is 0 Å². The maximum Gasteiger partial charge on any atom is 0.153 e. The molecule has 0 aliphatic rings. The molecule has 4 rings (SSSR count). The normalized spacial score (nSPS) is 10.7. The SMILES string of the molecule is CCc1[nH]nc2ccc(F)cc12.Nc1n[nH]c2ccc(F)cc12. The number of nitrogens with zero attached hydrogens (tertiary/aromatic N) is 2. The number of aromatic nitrogens is 4. The Bertz CT molecular complexity index is 958. The second-order valence-corrected chi connectivity index (χ2v) is 5.02. The van der Waals surface area contributed by atoms with Gasteiger partial charge in [0.15, 0.2) is 5.82 Å². The van der Waals surface area contributed by atoms with Crippen molar-refractivity contribution in [2.45, 2.75) is 13.3 Å². The van der Waals surface area contributed by atoms with E-state index in [0.717, 1.165) is 28.5 Å². The van der Waals surface area contributed by atoms with Gasteiger partial charge < -0.3 is 5.73 Å². The molecule has 0 saturated heterocycles. The van der Waals surface area contributed by atoms with Crippen molar-refractivity contribution in [2.24, 2.45) is 0 Å². The van der Waals surface area contributed by atoms with Crippen LogP contribution in [0.1, 0.15) is 12.6 Å². The molecule has 2 heterocycles. The van der Waals surface area contributed by atoms with Gasteiger partial charge in [-0.25, -0.2) is 8.78 Å². The molecule has 0 fully saturated rings. The van der Waals surface area contributed by atoms with Crippen molar-refractivity contribution in [3.05, 3.63) is 53.7 Å². The third-order valence-electron chi connectivity index (χ3n) is 3.50. The number of aryl methyl sites for hydroxylation is 1. The highest BCUT2D eigenvalue weighted by Gasteiger charge is 2.03. The van der Waals surface area contributed by atoms with Crippen molar-refractivity contribution in [1.82, 2.24) is 20.4 Å². The molecule has 0 atom stereocenters. The molecule has 4 aromatic rings. The fourth-order valence-electron chi connectivity index (χ4n) is 2.31. The summed E-state index contributed by atoms with van der Waals surface area (Å²) < 4.78 is 25.4. The van der Waals surface area contributed by atoms with Crippen LogP contribution in [0.5, 0.6) is 0 Å². The minimum atomic E-state index is -0.300. The number of rotatable bonds is 1. The largest absolute Gasteiger partial charge is 0.382 e. The van der Waals surface area contributed by atoms with E-state index in [2.05, 4.69) is 20.4 Å². The van der Waals surface area contributed by atoms with E-state index in [-0.39, 0.29) is 11.6 Å². The highest BCUT2D eigenvalue weighted by molar-refractivity contribution is 5.88. The molecule has 0 spiro atoms. The quantitative estimate of drug-likeness (QED) is 0.502. The summed E-state index contributed by atoms with van der Waals surface area (Å²) in [6, 6.07) is 8.93. The van der Waals surface area contributed by atoms with Crippen LogP contribution in [0.25, 0.3) is 21.8 Å². The van der Waals surface area contributed by atoms with Crippen molar-refractivity contribution < 1.29 is 8.78 Å². The van der Waals surface area contributed by atoms with Crippen molar-refractivity contribution >= 4 is 27.6 Å². The van der Waals surface area contributed by atoms with Crippen molar-refractivity contribution in [2.75, 3.05) is 5.73 Å². The number of halogens is 2. The molecule has 0 aliphatic heterocycles. The van der Waals surface area contributed by atoms with Crippen molar-refractivity contribution in [3.8, 4) is 0 Å². The highest BCUT2D eigenvalue weighted by atomic mass is 19.1. The number of H-pyrrole nitrogens is 2. The van der Waals surface area contributed by atoms with Gasteiger partial charge in [-0.1, -0.05) is 6.92 Å². The summed E-state index contributed by atoms with van der Waals surface area (Å²) in [6.07, 6.45) is 0.847. The molecule has 0 aliphatic carbocycles. The first kappa shape index (κ1) is 15.0. The number of nitrogens with two attached hydrogens (primary N) is 1. The van der Waals surface area contributed by atoms with Gasteiger partial charge in [0.05, 0.1) is 11.0 Å². The molecule has 2 aromatic heterocycles. The van der Waals surface area contributed by atoms with Gasteiger partial charge in [-0.05, 0) is 42.8 Å². The van der Waals surface area contributed by atoms with Crippen LogP contribution < -0.4 is 5.73 Å². The Balaban J connectivity index is 0.000000136. The number of hydrogen-bond acceptors (Lipinski definition) is 3. The highest BCUT2D eigenvalue weighted by Crippen LogP contribution is 2.18. The number of nitrogens with one attached hydrogen (secondary N) is 2. The summed E-state index contributed by atoms with van der Waals surface area (Å²) >= 11 is 0. The van der Waals surface area contributed by atoms with E-state index in [4.69, 9.17) is 5.73 Å². The first-order valence-corrected chi connectivity index (χ1v) is 7.10. The van der Waals surface area contributed by atoms with E-state index < -0.39 is 0 Å². The van der Waals surface area contributed by atoms with Gasteiger partial charge in [0, 0.05) is 16.5 Å². The molecule has 0 bridgehead atoms. The number of fused-ring (bicyclic) bond motifs is 2. The molecule has 23 heavy (non-hydrogen) atoms. The first-order valence-electron chi connectivity index (χ1n) is 7.10. The molecule has 118 valence electrons. The minimum absolute atomic E-state index is 0.210. The molecular weight excluding hydrogens is 300 g/mol. The molecule has 0 amide bonds. The lowest BCUT2D eigenvalue weighted by molar-refractivity contribution is 0.629. The summed E-state index contributed by atoms with van der Waals surface area (Å²) in [4.78, 5) is 0. The monoisotopic (exact) mass is 315 g/mol. The first-order chi connectivity index (χ1) is 11.1. The van der Waals surface area contributed by atoms with E-state index in [9.17, 15) is 8.78 Å². The standard InChI is InChI=1S/C9H9FN2.C7H6FN3/c1-2-8-7-5-6(10)3-4-9(7)12-11-8;8-4-1-2-6-5(3-4)7(9)11-10-6/h3-5H,2H2,1H3,(H,11,12);1-3H,(H3,9,10,11). The zero-order chi connectivity index (χ0) is 16.4. The predicted octanol–water partition coefficient (Wildman–Crippen LogP) is 3.55. The van der Waals surface area contributed by atoms with Gasteiger partial charge in [0.2, 0.25) is 0 Å². The molecule has 0 saturated carbocycles. The Morgan fingerprint density at radius 3 is 2.39 bits per heavy atom. The maximum absolute atomic E-state index is 12.8. The topological polar surface area (TPSA) is 83.4 Å². The van der Waals surface area contributed by atoms with E-state index in [0.29, 0.717) is 11.2 Å². The van der Waals surface area contributed by atoms with Crippen LogP contribution in [0.3, 0.4) is 0 Å². The molecule has 2 aromatic carbocycles. The fourth-order valence-corrected chi connectivity index (χ4v) is 2.31. The molecule has 0 radical (unpaired) electrons. The Kier molecular flexibility index (Phi) is 3.92. The van der Waals surface area contributed by atoms with E-state index >= 15 is 0 Å². The zero-order valence-electron chi connectivity index (χ0n) is 12.4. The Morgan fingerprint density at radius 1 is 0.957 bits per heavy atom. The second-order valence-electron chi connectivity index (χ2n) is 5.02. The maximum atomic E-state index is 12.8.